The minimum atomic E-state index is -1.13. The third-order valence-corrected chi connectivity index (χ3v) is 2.87. The van der Waals surface area contributed by atoms with Gasteiger partial charge in [-0.2, -0.15) is 0 Å². The first-order chi connectivity index (χ1) is 9.47. The number of hydrogen-bond acceptors (Lipinski definition) is 4. The number of non-ortho nitro benzene ring substituents is 1. The van der Waals surface area contributed by atoms with E-state index in [1.54, 1.807) is 12.1 Å². The first kappa shape index (κ1) is 14.0. The van der Waals surface area contributed by atoms with Crippen LogP contribution in [0.5, 0.6) is 11.5 Å². The van der Waals surface area contributed by atoms with Crippen LogP contribution in [-0.4, -0.2) is 16.0 Å². The number of carbonyl (C=O) groups is 1. The highest BCUT2D eigenvalue weighted by Gasteiger charge is 2.14. The summed E-state index contributed by atoms with van der Waals surface area (Å²) in [7, 11) is 0. The molecule has 0 saturated carbocycles. The van der Waals surface area contributed by atoms with Gasteiger partial charge in [0.1, 0.15) is 17.1 Å². The molecular weight excluding hydrogens is 330 g/mol. The minimum Gasteiger partial charge on any atom is -0.478 e. The van der Waals surface area contributed by atoms with Crippen LogP contribution < -0.4 is 4.74 Å². The standard InChI is InChI=1S/C13H8BrNO5/c14-8-5-9(15(18)19)7-10(6-8)20-12-4-2-1-3-11(12)13(16)17/h1-7H,(H,16,17). The maximum atomic E-state index is 11.1. The van der Waals surface area contributed by atoms with Crippen LogP contribution in [0.4, 0.5) is 5.69 Å². The Kier molecular flexibility index (Phi) is 3.99. The van der Waals surface area contributed by atoms with E-state index in [0.717, 1.165) is 0 Å². The number of nitro groups is 1. The normalized spacial score (nSPS) is 10.1. The molecule has 0 heterocycles. The highest BCUT2D eigenvalue weighted by atomic mass is 79.9. The quantitative estimate of drug-likeness (QED) is 0.676. The Balaban J connectivity index is 2.40. The van der Waals surface area contributed by atoms with Crippen LogP contribution in [0.2, 0.25) is 0 Å². The third kappa shape index (κ3) is 3.12. The van der Waals surface area contributed by atoms with Crippen molar-refractivity contribution in [3.05, 3.63) is 62.6 Å². The van der Waals surface area contributed by atoms with Gasteiger partial charge >= 0.3 is 5.97 Å². The maximum absolute atomic E-state index is 11.1. The number of ether oxygens (including phenoxy) is 1. The van der Waals surface area contributed by atoms with E-state index in [4.69, 9.17) is 9.84 Å². The van der Waals surface area contributed by atoms with Crippen molar-refractivity contribution >= 4 is 27.6 Å². The molecule has 0 bridgehead atoms. The monoisotopic (exact) mass is 337 g/mol. The zero-order valence-electron chi connectivity index (χ0n) is 9.95. The van der Waals surface area contributed by atoms with Gasteiger partial charge in [0.05, 0.1) is 11.0 Å². The summed E-state index contributed by atoms with van der Waals surface area (Å²) >= 11 is 3.14. The van der Waals surface area contributed by atoms with E-state index in [1.807, 2.05) is 0 Å². The summed E-state index contributed by atoms with van der Waals surface area (Å²) in [6, 6.07) is 10.1. The Hall–Kier alpha value is -2.41. The lowest BCUT2D eigenvalue weighted by Gasteiger charge is -2.08. The number of carboxylic acids is 1. The number of nitro benzene ring substituents is 1. The molecule has 0 fully saturated rings. The van der Waals surface area contributed by atoms with E-state index < -0.39 is 10.9 Å². The number of carboxylic acid groups (broad SMARTS) is 1. The fourth-order valence-corrected chi connectivity index (χ4v) is 2.03. The minimum absolute atomic E-state index is 0.0184. The number of aromatic carboxylic acids is 1. The lowest BCUT2D eigenvalue weighted by atomic mass is 10.2. The van der Waals surface area contributed by atoms with Crippen molar-refractivity contribution in [3.63, 3.8) is 0 Å². The summed E-state index contributed by atoms with van der Waals surface area (Å²) in [6.45, 7) is 0. The van der Waals surface area contributed by atoms with E-state index in [9.17, 15) is 14.9 Å². The lowest BCUT2D eigenvalue weighted by molar-refractivity contribution is -0.385. The molecule has 0 aromatic heterocycles. The summed E-state index contributed by atoms with van der Waals surface area (Å²) < 4.78 is 5.89. The number of nitrogens with zero attached hydrogens (tertiary/aromatic N) is 1. The van der Waals surface area contributed by atoms with Gasteiger partial charge < -0.3 is 9.84 Å². The molecule has 0 aliphatic carbocycles. The van der Waals surface area contributed by atoms with Crippen LogP contribution in [-0.2, 0) is 0 Å². The first-order valence-corrected chi connectivity index (χ1v) is 6.22. The van der Waals surface area contributed by atoms with Crippen molar-refractivity contribution < 1.29 is 19.6 Å². The molecule has 102 valence electrons. The molecule has 2 aromatic carbocycles. The number of halogens is 1. The molecule has 0 radical (unpaired) electrons. The Morgan fingerprint density at radius 3 is 2.60 bits per heavy atom. The summed E-state index contributed by atoms with van der Waals surface area (Å²) in [5.41, 5.74) is -0.169. The van der Waals surface area contributed by atoms with Crippen LogP contribution in [0.3, 0.4) is 0 Å². The molecule has 0 amide bonds. The van der Waals surface area contributed by atoms with Gasteiger partial charge in [-0.3, -0.25) is 10.1 Å². The van der Waals surface area contributed by atoms with Gasteiger partial charge in [0.15, 0.2) is 0 Å². The fraction of sp³-hybridized carbons (Fsp3) is 0. The number of rotatable bonds is 4. The van der Waals surface area contributed by atoms with Crippen molar-refractivity contribution in [2.45, 2.75) is 0 Å². The second kappa shape index (κ2) is 5.70. The zero-order chi connectivity index (χ0) is 14.7. The van der Waals surface area contributed by atoms with Gasteiger partial charge in [0.25, 0.3) is 5.69 Å². The van der Waals surface area contributed by atoms with E-state index >= 15 is 0 Å². The second-order valence-corrected chi connectivity index (χ2v) is 4.72. The predicted octanol–water partition coefficient (Wildman–Crippen LogP) is 3.85. The summed E-state index contributed by atoms with van der Waals surface area (Å²) in [6.07, 6.45) is 0. The Morgan fingerprint density at radius 1 is 1.25 bits per heavy atom. The van der Waals surface area contributed by atoms with E-state index in [0.29, 0.717) is 4.47 Å². The molecule has 0 unspecified atom stereocenters. The predicted molar refractivity (Wildman–Crippen MR) is 74.3 cm³/mol. The van der Waals surface area contributed by atoms with Gasteiger partial charge in [0, 0.05) is 10.5 Å². The average Bonchev–Trinajstić information content (AvgIpc) is 2.38. The molecule has 0 spiro atoms. The van der Waals surface area contributed by atoms with Crippen LogP contribution >= 0.6 is 15.9 Å². The van der Waals surface area contributed by atoms with E-state index in [2.05, 4.69) is 15.9 Å². The summed E-state index contributed by atoms with van der Waals surface area (Å²) in [5.74, 6) is -0.836. The fourth-order valence-electron chi connectivity index (χ4n) is 1.57. The highest BCUT2D eigenvalue weighted by Crippen LogP contribution is 2.31. The largest absolute Gasteiger partial charge is 0.478 e. The summed E-state index contributed by atoms with van der Waals surface area (Å²) in [4.78, 5) is 21.3. The van der Waals surface area contributed by atoms with Gasteiger partial charge in [-0.15, -0.1) is 0 Å². The molecule has 0 atom stereocenters. The zero-order valence-corrected chi connectivity index (χ0v) is 11.5. The topological polar surface area (TPSA) is 89.7 Å². The SMILES string of the molecule is O=C(O)c1ccccc1Oc1cc(Br)cc([N+](=O)[O-])c1. The first-order valence-electron chi connectivity index (χ1n) is 5.42. The van der Waals surface area contributed by atoms with Crippen LogP contribution in [0, 0.1) is 10.1 Å². The van der Waals surface area contributed by atoms with E-state index in [-0.39, 0.29) is 22.7 Å². The van der Waals surface area contributed by atoms with Gasteiger partial charge in [0.2, 0.25) is 0 Å². The van der Waals surface area contributed by atoms with Gasteiger partial charge in [-0.1, -0.05) is 28.1 Å². The summed E-state index contributed by atoms with van der Waals surface area (Å²) in [5, 5.41) is 19.8. The molecule has 20 heavy (non-hydrogen) atoms. The lowest BCUT2D eigenvalue weighted by Crippen LogP contribution is -1.99. The number of para-hydroxylation sites is 1. The molecule has 6 nitrogen and oxygen atoms in total. The molecule has 7 heteroatoms. The van der Waals surface area contributed by atoms with Crippen LogP contribution in [0.15, 0.2) is 46.9 Å². The smallest absolute Gasteiger partial charge is 0.339 e. The Labute approximate surface area is 121 Å². The Morgan fingerprint density at radius 2 is 1.95 bits per heavy atom. The number of hydrogen-bond donors (Lipinski definition) is 1. The third-order valence-electron chi connectivity index (χ3n) is 2.41. The molecule has 2 aromatic rings. The Bertz CT molecular complexity index is 686. The van der Waals surface area contributed by atoms with Crippen LogP contribution in [0.1, 0.15) is 10.4 Å². The van der Waals surface area contributed by atoms with Crippen molar-refractivity contribution in [2.24, 2.45) is 0 Å². The van der Waals surface area contributed by atoms with Crippen molar-refractivity contribution in [2.75, 3.05) is 0 Å². The molecule has 2 rings (SSSR count). The van der Waals surface area contributed by atoms with Crippen LogP contribution in [0.25, 0.3) is 0 Å². The molecule has 0 aliphatic rings. The van der Waals surface area contributed by atoms with Gasteiger partial charge in [-0.05, 0) is 18.2 Å². The molecular formula is C13H8BrNO5. The molecule has 0 aliphatic heterocycles. The average molecular weight is 338 g/mol. The van der Waals surface area contributed by atoms with Crippen molar-refractivity contribution in [1.82, 2.24) is 0 Å². The molecule has 0 saturated heterocycles. The highest BCUT2D eigenvalue weighted by molar-refractivity contribution is 9.10. The molecule has 1 N–H and O–H groups in total. The van der Waals surface area contributed by atoms with E-state index in [1.165, 1.54) is 30.3 Å². The van der Waals surface area contributed by atoms with Gasteiger partial charge in [-0.25, -0.2) is 4.79 Å². The second-order valence-electron chi connectivity index (χ2n) is 3.81. The number of benzene rings is 2. The maximum Gasteiger partial charge on any atom is 0.339 e. The van der Waals surface area contributed by atoms with Crippen molar-refractivity contribution in [1.29, 1.82) is 0 Å². The van der Waals surface area contributed by atoms with Crippen molar-refractivity contribution in [3.8, 4) is 11.5 Å².